The number of aliphatic hydroxyl groups excluding tert-OH is 1. The van der Waals surface area contributed by atoms with E-state index in [9.17, 15) is 43.2 Å². The van der Waals surface area contributed by atoms with Crippen LogP contribution in [0.25, 0.3) is 0 Å². The van der Waals surface area contributed by atoms with E-state index in [4.69, 9.17) is 37.0 Å². The van der Waals surface area contributed by atoms with E-state index in [1.807, 2.05) is 0 Å². The highest BCUT2D eigenvalue weighted by atomic mass is 31.2. The lowest BCUT2D eigenvalue weighted by atomic mass is 9.99. The monoisotopic (exact) mass is 1280 g/mol. The van der Waals surface area contributed by atoms with E-state index in [1.165, 1.54) is 128 Å². The van der Waals surface area contributed by atoms with Crippen molar-refractivity contribution in [2.75, 3.05) is 39.6 Å². The first-order chi connectivity index (χ1) is 41.7. The number of carbonyl (C=O) groups is 4. The molecule has 0 aliphatic carbocycles. The maximum absolute atomic E-state index is 13.0. The van der Waals surface area contributed by atoms with Crippen molar-refractivity contribution in [3.8, 4) is 0 Å². The summed E-state index contributed by atoms with van der Waals surface area (Å²) in [4.78, 5) is 72.4. The Morgan fingerprint density at radius 3 is 0.816 bits per heavy atom. The molecule has 17 nitrogen and oxygen atoms in total. The van der Waals surface area contributed by atoms with Crippen LogP contribution in [0.4, 0.5) is 0 Å². The van der Waals surface area contributed by atoms with Gasteiger partial charge in [-0.15, -0.1) is 0 Å². The lowest BCUT2D eigenvalue weighted by molar-refractivity contribution is -0.161. The zero-order valence-electron chi connectivity index (χ0n) is 56.6. The summed E-state index contributed by atoms with van der Waals surface area (Å²) in [5.74, 6) is 0.851. The molecule has 0 aromatic heterocycles. The van der Waals surface area contributed by atoms with Crippen LogP contribution < -0.4 is 0 Å². The van der Waals surface area contributed by atoms with Gasteiger partial charge in [-0.3, -0.25) is 37.3 Å². The lowest BCUT2D eigenvalue weighted by Crippen LogP contribution is -2.30. The Bertz CT molecular complexity index is 1730. The molecular weight excluding hydrogens is 1150 g/mol. The van der Waals surface area contributed by atoms with Crippen molar-refractivity contribution in [3.05, 3.63) is 0 Å². The Morgan fingerprint density at radius 1 is 0.322 bits per heavy atom. The molecule has 0 aromatic rings. The molecule has 3 N–H and O–H groups in total. The van der Waals surface area contributed by atoms with E-state index < -0.39 is 97.5 Å². The molecule has 0 aliphatic rings. The molecule has 0 aliphatic heterocycles. The summed E-state index contributed by atoms with van der Waals surface area (Å²) in [6, 6.07) is 0. The van der Waals surface area contributed by atoms with Crippen LogP contribution in [0.2, 0.25) is 0 Å². The second-order valence-corrected chi connectivity index (χ2v) is 28.9. The number of esters is 4. The first-order valence-corrected chi connectivity index (χ1v) is 38.3. The maximum atomic E-state index is 13.0. The van der Waals surface area contributed by atoms with Gasteiger partial charge in [0.15, 0.2) is 12.2 Å². The average molecular weight is 1280 g/mol. The first-order valence-electron chi connectivity index (χ1n) is 35.3. The maximum Gasteiger partial charge on any atom is 0.472 e. The molecule has 19 heteroatoms. The van der Waals surface area contributed by atoms with Crippen LogP contribution in [0.5, 0.6) is 0 Å². The van der Waals surface area contributed by atoms with Gasteiger partial charge in [-0.05, 0) is 49.4 Å². The molecule has 0 spiro atoms. The molecule has 0 aromatic carbocycles. The van der Waals surface area contributed by atoms with Crippen LogP contribution in [-0.2, 0) is 65.4 Å². The van der Waals surface area contributed by atoms with Gasteiger partial charge in [0.2, 0.25) is 0 Å². The summed E-state index contributed by atoms with van der Waals surface area (Å²) < 4.78 is 68.2. The Labute approximate surface area is 530 Å². The summed E-state index contributed by atoms with van der Waals surface area (Å²) in [7, 11) is -9.90. The zero-order chi connectivity index (χ0) is 64.7. The molecule has 0 saturated carbocycles. The molecular formula is C68H132O17P2. The number of ether oxygens (including phenoxy) is 4. The van der Waals surface area contributed by atoms with Gasteiger partial charge >= 0.3 is 39.5 Å². The van der Waals surface area contributed by atoms with Gasteiger partial charge in [0.1, 0.15) is 19.3 Å². The Kier molecular flexibility index (Phi) is 56.6. The van der Waals surface area contributed by atoms with Crippen LogP contribution >= 0.6 is 15.6 Å². The molecule has 0 saturated heterocycles. The fraction of sp³-hybridized carbons (Fsp3) is 0.941. The van der Waals surface area contributed by atoms with Crippen LogP contribution in [0, 0.1) is 23.7 Å². The second kappa shape index (κ2) is 57.9. The van der Waals surface area contributed by atoms with Crippen LogP contribution in [0.3, 0.4) is 0 Å². The minimum atomic E-state index is -4.95. The smallest absolute Gasteiger partial charge is 0.462 e. The zero-order valence-corrected chi connectivity index (χ0v) is 58.4. The van der Waals surface area contributed by atoms with Crippen molar-refractivity contribution in [1.82, 2.24) is 0 Å². The highest BCUT2D eigenvalue weighted by Crippen LogP contribution is 2.45. The van der Waals surface area contributed by atoms with Gasteiger partial charge in [0, 0.05) is 25.7 Å². The Balaban J connectivity index is 5.26. The van der Waals surface area contributed by atoms with Gasteiger partial charge in [-0.2, -0.15) is 0 Å². The minimum Gasteiger partial charge on any atom is -0.462 e. The van der Waals surface area contributed by atoms with Gasteiger partial charge < -0.3 is 33.8 Å². The van der Waals surface area contributed by atoms with Gasteiger partial charge in [-0.1, -0.05) is 280 Å². The quantitative estimate of drug-likeness (QED) is 0.0222. The van der Waals surface area contributed by atoms with Gasteiger partial charge in [0.05, 0.1) is 26.4 Å². The molecule has 0 fully saturated rings. The first kappa shape index (κ1) is 85.1. The molecule has 5 unspecified atom stereocenters. The van der Waals surface area contributed by atoms with Crippen molar-refractivity contribution in [2.24, 2.45) is 23.7 Å². The van der Waals surface area contributed by atoms with Crippen LogP contribution in [0.1, 0.15) is 331 Å². The SMILES string of the molecule is CCC(C)CCCCCCCCCCCCC(=O)O[C@H](COC(=O)CCCCCCCCCCCCC(C)C)COP(=O)(O)OCC(O)COP(=O)(O)OC[C@@H](COC(=O)CCCCCCCCCC(C)C)OC(=O)CCCCCCCCC(C)CC. The molecule has 87 heavy (non-hydrogen) atoms. The van der Waals surface area contributed by atoms with Crippen molar-refractivity contribution >= 4 is 39.5 Å². The van der Waals surface area contributed by atoms with Crippen molar-refractivity contribution < 1.29 is 80.2 Å². The number of carbonyl (C=O) groups excluding carboxylic acids is 4. The number of phosphoric acid groups is 2. The fourth-order valence-corrected chi connectivity index (χ4v) is 11.7. The van der Waals surface area contributed by atoms with Crippen molar-refractivity contribution in [1.29, 1.82) is 0 Å². The molecule has 0 heterocycles. The van der Waals surface area contributed by atoms with E-state index in [1.54, 1.807) is 0 Å². The van der Waals surface area contributed by atoms with E-state index in [2.05, 4.69) is 55.4 Å². The van der Waals surface area contributed by atoms with Crippen LogP contribution in [-0.4, -0.2) is 96.7 Å². The molecule has 0 radical (unpaired) electrons. The molecule has 0 amide bonds. The van der Waals surface area contributed by atoms with Gasteiger partial charge in [-0.25, -0.2) is 9.13 Å². The third kappa shape index (κ3) is 60.1. The number of phosphoric ester groups is 2. The minimum absolute atomic E-state index is 0.102. The largest absolute Gasteiger partial charge is 0.472 e. The van der Waals surface area contributed by atoms with Crippen LogP contribution in [0.15, 0.2) is 0 Å². The predicted molar refractivity (Wildman–Crippen MR) is 349 cm³/mol. The Hall–Kier alpha value is -1.94. The van der Waals surface area contributed by atoms with E-state index >= 15 is 0 Å². The Morgan fingerprint density at radius 2 is 0.552 bits per heavy atom. The predicted octanol–water partition coefficient (Wildman–Crippen LogP) is 18.9. The highest BCUT2D eigenvalue weighted by molar-refractivity contribution is 7.47. The molecule has 0 rings (SSSR count). The summed E-state index contributed by atoms with van der Waals surface area (Å²) >= 11 is 0. The summed E-state index contributed by atoms with van der Waals surface area (Å²) in [5.41, 5.74) is 0. The molecule has 0 bridgehead atoms. The summed E-state index contributed by atoms with van der Waals surface area (Å²) in [5, 5.41) is 10.6. The standard InChI is InChI=1S/C68H132O17P2/c1-9-60(7)46-38-30-22-16-12-14-18-24-34-42-50-67(72)84-63(54-78-65(70)48-40-32-23-17-13-11-15-20-28-36-44-58(3)4)56-82-86(74,75)80-52-62(69)53-81-87(76,77)83-57-64(85-68(73)51-43-35-27-26-31-39-47-61(8)10-2)55-79-66(71)49-41-33-25-19-21-29-37-45-59(5)6/h58-64,69H,9-57H2,1-8H3,(H,74,75)(H,76,77)/t60?,61?,62?,63-,64-/m1/s1. The number of aliphatic hydroxyl groups is 1. The average Bonchev–Trinajstić information content (AvgIpc) is 3.69. The second-order valence-electron chi connectivity index (χ2n) is 26.0. The third-order valence-corrected chi connectivity index (χ3v) is 18.2. The van der Waals surface area contributed by atoms with E-state index in [0.717, 1.165) is 114 Å². The van der Waals surface area contributed by atoms with E-state index in [0.29, 0.717) is 31.6 Å². The highest BCUT2D eigenvalue weighted by Gasteiger charge is 2.30. The topological polar surface area (TPSA) is 237 Å². The van der Waals surface area contributed by atoms with Crippen molar-refractivity contribution in [3.63, 3.8) is 0 Å². The third-order valence-electron chi connectivity index (χ3n) is 16.3. The van der Waals surface area contributed by atoms with Crippen molar-refractivity contribution in [2.45, 2.75) is 350 Å². The lowest BCUT2D eigenvalue weighted by Gasteiger charge is -2.21. The summed E-state index contributed by atoms with van der Waals surface area (Å²) in [6.45, 7) is 14.0. The normalized spacial score (nSPS) is 15.0. The van der Waals surface area contributed by atoms with E-state index in [-0.39, 0.29) is 25.7 Å². The summed E-state index contributed by atoms with van der Waals surface area (Å²) in [6.07, 6.45) is 39.0. The molecule has 516 valence electrons. The number of unbranched alkanes of at least 4 members (excludes halogenated alkanes) is 29. The fourth-order valence-electron chi connectivity index (χ4n) is 10.1. The number of hydrogen-bond acceptors (Lipinski definition) is 15. The number of rotatable bonds is 65. The number of hydrogen-bond donors (Lipinski definition) is 3. The molecule has 7 atom stereocenters. The van der Waals surface area contributed by atoms with Gasteiger partial charge in [0.25, 0.3) is 0 Å².